The highest BCUT2D eigenvalue weighted by molar-refractivity contribution is 5.85. The number of piperazine rings is 1. The number of hydrogen-bond donors (Lipinski definition) is 1. The predicted molar refractivity (Wildman–Crippen MR) is 84.3 cm³/mol. The standard InChI is InChI=1S/C15H24N4.ClH/c1-13-14(3-2-5-17-13)12-18-7-9-19(10-8-18)15-4-6-16-11-15;/h2-3,5,15-16H,4,6-12H2,1H3;1H. The first-order valence-electron chi connectivity index (χ1n) is 7.40. The van der Waals surface area contributed by atoms with Crippen LogP contribution in [0.25, 0.3) is 0 Å². The number of nitrogens with one attached hydrogen (secondary N) is 1. The molecule has 0 amide bonds. The third-order valence-electron chi connectivity index (χ3n) is 4.47. The van der Waals surface area contributed by atoms with E-state index in [-0.39, 0.29) is 12.4 Å². The second-order valence-corrected chi connectivity index (χ2v) is 5.71. The average molecular weight is 297 g/mol. The second kappa shape index (κ2) is 7.36. The van der Waals surface area contributed by atoms with E-state index >= 15 is 0 Å². The lowest BCUT2D eigenvalue weighted by Gasteiger charge is -2.37. The fourth-order valence-electron chi connectivity index (χ4n) is 3.16. The summed E-state index contributed by atoms with van der Waals surface area (Å²) in [4.78, 5) is 9.59. The second-order valence-electron chi connectivity index (χ2n) is 5.71. The molecular weight excluding hydrogens is 272 g/mol. The summed E-state index contributed by atoms with van der Waals surface area (Å²) in [6, 6.07) is 5.03. The number of aromatic nitrogens is 1. The maximum atomic E-state index is 4.38. The SMILES string of the molecule is Cc1ncccc1CN1CCN(C2CCNC2)CC1.Cl. The number of rotatable bonds is 3. The molecule has 3 rings (SSSR count). The third kappa shape index (κ3) is 3.70. The van der Waals surface area contributed by atoms with Gasteiger partial charge in [-0.25, -0.2) is 0 Å². The van der Waals surface area contributed by atoms with Crippen LogP contribution in [0.5, 0.6) is 0 Å². The molecule has 2 saturated heterocycles. The summed E-state index contributed by atoms with van der Waals surface area (Å²) < 4.78 is 0. The molecule has 20 heavy (non-hydrogen) atoms. The van der Waals surface area contributed by atoms with Crippen LogP contribution in [0, 0.1) is 6.92 Å². The van der Waals surface area contributed by atoms with Crippen LogP contribution in [0.3, 0.4) is 0 Å². The number of aryl methyl sites for hydroxylation is 1. The van der Waals surface area contributed by atoms with Crippen LogP contribution in [0.2, 0.25) is 0 Å². The Hall–Kier alpha value is -0.680. The van der Waals surface area contributed by atoms with Crippen LogP contribution < -0.4 is 5.32 Å². The number of halogens is 1. The van der Waals surface area contributed by atoms with E-state index in [0.717, 1.165) is 12.6 Å². The maximum Gasteiger partial charge on any atom is 0.0417 e. The third-order valence-corrected chi connectivity index (χ3v) is 4.47. The molecule has 1 atom stereocenters. The molecule has 2 aliphatic heterocycles. The Bertz CT molecular complexity index is 412. The van der Waals surface area contributed by atoms with Crippen molar-refractivity contribution in [3.05, 3.63) is 29.6 Å². The van der Waals surface area contributed by atoms with Crippen LogP contribution in [0.4, 0.5) is 0 Å². The van der Waals surface area contributed by atoms with Crippen molar-refractivity contribution < 1.29 is 0 Å². The monoisotopic (exact) mass is 296 g/mol. The summed E-state index contributed by atoms with van der Waals surface area (Å²) in [5.41, 5.74) is 2.54. The number of hydrogen-bond acceptors (Lipinski definition) is 4. The van der Waals surface area contributed by atoms with Gasteiger partial charge in [-0.2, -0.15) is 0 Å². The molecule has 1 aromatic heterocycles. The molecule has 5 heteroatoms. The number of nitrogens with zero attached hydrogens (tertiary/aromatic N) is 3. The van der Waals surface area contributed by atoms with Crippen molar-refractivity contribution in [1.82, 2.24) is 20.1 Å². The van der Waals surface area contributed by atoms with Gasteiger partial charge in [0.15, 0.2) is 0 Å². The van der Waals surface area contributed by atoms with Crippen molar-refractivity contribution in [3.63, 3.8) is 0 Å². The first-order chi connectivity index (χ1) is 9.33. The molecule has 2 fully saturated rings. The highest BCUT2D eigenvalue weighted by atomic mass is 35.5. The summed E-state index contributed by atoms with van der Waals surface area (Å²) in [6.45, 7) is 10.3. The molecular formula is C15H25ClN4. The van der Waals surface area contributed by atoms with Crippen LogP contribution in [-0.2, 0) is 6.54 Å². The molecule has 1 aromatic rings. The maximum absolute atomic E-state index is 4.38. The zero-order valence-corrected chi connectivity index (χ0v) is 13.0. The molecule has 4 nitrogen and oxygen atoms in total. The summed E-state index contributed by atoms with van der Waals surface area (Å²) >= 11 is 0. The molecule has 0 saturated carbocycles. The van der Waals surface area contributed by atoms with Crippen LogP contribution in [-0.4, -0.2) is 60.1 Å². The van der Waals surface area contributed by atoms with E-state index in [1.165, 1.54) is 56.9 Å². The Kier molecular flexibility index (Phi) is 5.78. The Labute approximate surface area is 128 Å². The predicted octanol–water partition coefficient (Wildman–Crippen LogP) is 1.29. The lowest BCUT2D eigenvalue weighted by Crippen LogP contribution is -2.50. The van der Waals surface area contributed by atoms with Crippen molar-refractivity contribution in [2.75, 3.05) is 39.3 Å². The van der Waals surface area contributed by atoms with Gasteiger partial charge < -0.3 is 5.32 Å². The van der Waals surface area contributed by atoms with Gasteiger partial charge in [0.05, 0.1) is 0 Å². The van der Waals surface area contributed by atoms with Crippen molar-refractivity contribution in [1.29, 1.82) is 0 Å². The van der Waals surface area contributed by atoms with Gasteiger partial charge in [-0.15, -0.1) is 12.4 Å². The van der Waals surface area contributed by atoms with Crippen molar-refractivity contribution in [3.8, 4) is 0 Å². The van der Waals surface area contributed by atoms with Gasteiger partial charge in [-0.1, -0.05) is 6.07 Å². The number of pyridine rings is 1. The van der Waals surface area contributed by atoms with Crippen molar-refractivity contribution in [2.24, 2.45) is 0 Å². The lowest BCUT2D eigenvalue weighted by atomic mass is 10.1. The quantitative estimate of drug-likeness (QED) is 0.911. The van der Waals surface area contributed by atoms with Gasteiger partial charge in [0.25, 0.3) is 0 Å². The van der Waals surface area contributed by atoms with Crippen LogP contribution in [0.1, 0.15) is 17.7 Å². The van der Waals surface area contributed by atoms with Gasteiger partial charge in [-0.05, 0) is 31.5 Å². The zero-order chi connectivity index (χ0) is 13.1. The first-order valence-corrected chi connectivity index (χ1v) is 7.40. The molecule has 2 aliphatic rings. The van der Waals surface area contributed by atoms with Crippen LogP contribution in [0.15, 0.2) is 18.3 Å². The lowest BCUT2D eigenvalue weighted by molar-refractivity contribution is 0.0979. The summed E-state index contributed by atoms with van der Waals surface area (Å²) in [7, 11) is 0. The summed E-state index contributed by atoms with van der Waals surface area (Å²) in [6.07, 6.45) is 3.20. The molecule has 112 valence electrons. The van der Waals surface area contributed by atoms with E-state index in [4.69, 9.17) is 0 Å². The molecule has 0 spiro atoms. The topological polar surface area (TPSA) is 31.4 Å². The molecule has 1 unspecified atom stereocenters. The molecule has 0 aromatic carbocycles. The molecule has 0 aliphatic carbocycles. The Morgan fingerprint density at radius 1 is 1.30 bits per heavy atom. The van der Waals surface area contributed by atoms with Crippen molar-refractivity contribution in [2.45, 2.75) is 25.9 Å². The van der Waals surface area contributed by atoms with Gasteiger partial charge >= 0.3 is 0 Å². The van der Waals surface area contributed by atoms with Gasteiger partial charge in [0.2, 0.25) is 0 Å². The van der Waals surface area contributed by atoms with E-state index in [1.807, 2.05) is 12.3 Å². The minimum absolute atomic E-state index is 0. The van der Waals surface area contributed by atoms with E-state index in [0.29, 0.717) is 0 Å². The molecule has 0 radical (unpaired) electrons. The summed E-state index contributed by atoms with van der Waals surface area (Å²) in [5.74, 6) is 0. The van der Waals surface area contributed by atoms with Gasteiger partial charge in [-0.3, -0.25) is 14.8 Å². The van der Waals surface area contributed by atoms with E-state index in [2.05, 4.69) is 33.1 Å². The normalized spacial score (nSPS) is 24.6. The minimum atomic E-state index is 0. The van der Waals surface area contributed by atoms with Crippen LogP contribution >= 0.6 is 12.4 Å². The fraction of sp³-hybridized carbons (Fsp3) is 0.667. The molecule has 1 N–H and O–H groups in total. The molecule has 3 heterocycles. The Morgan fingerprint density at radius 2 is 2.10 bits per heavy atom. The smallest absolute Gasteiger partial charge is 0.0417 e. The summed E-state index contributed by atoms with van der Waals surface area (Å²) in [5, 5.41) is 3.46. The van der Waals surface area contributed by atoms with E-state index < -0.39 is 0 Å². The molecule has 0 bridgehead atoms. The minimum Gasteiger partial charge on any atom is -0.315 e. The van der Waals surface area contributed by atoms with Gasteiger partial charge in [0.1, 0.15) is 0 Å². The average Bonchev–Trinajstić information content (AvgIpc) is 2.96. The van der Waals surface area contributed by atoms with E-state index in [1.54, 1.807) is 0 Å². The zero-order valence-electron chi connectivity index (χ0n) is 12.2. The fourth-order valence-corrected chi connectivity index (χ4v) is 3.16. The Balaban J connectivity index is 0.00000147. The first kappa shape index (κ1) is 15.7. The highest BCUT2D eigenvalue weighted by Crippen LogP contribution is 2.14. The van der Waals surface area contributed by atoms with Gasteiger partial charge in [0, 0.05) is 57.2 Å². The highest BCUT2D eigenvalue weighted by Gasteiger charge is 2.25. The largest absolute Gasteiger partial charge is 0.315 e. The van der Waals surface area contributed by atoms with E-state index in [9.17, 15) is 0 Å². The van der Waals surface area contributed by atoms with Crippen molar-refractivity contribution >= 4 is 12.4 Å². The Morgan fingerprint density at radius 3 is 2.75 bits per heavy atom.